The number of unbranched alkanes of at least 4 members (excludes halogenated alkanes) is 4. The minimum Gasteiger partial charge on any atom is -0.429 e. The summed E-state index contributed by atoms with van der Waals surface area (Å²) >= 11 is 0. The zero-order valence-electron chi connectivity index (χ0n) is 29.0. The first-order valence-corrected chi connectivity index (χ1v) is 18.2. The van der Waals surface area contributed by atoms with E-state index in [2.05, 4.69) is 11.7 Å². The summed E-state index contributed by atoms with van der Waals surface area (Å²) < 4.78 is 146. The van der Waals surface area contributed by atoms with Crippen LogP contribution in [0, 0.1) is 35.2 Å². The predicted octanol–water partition coefficient (Wildman–Crippen LogP) is 13.9. The summed E-state index contributed by atoms with van der Waals surface area (Å²) in [7, 11) is 0. The fourth-order valence-corrected chi connectivity index (χ4v) is 8.06. The molecule has 52 heavy (non-hydrogen) atoms. The van der Waals surface area contributed by atoms with Crippen LogP contribution in [0.5, 0.6) is 5.75 Å². The smallest absolute Gasteiger partial charge is 0.429 e. The van der Waals surface area contributed by atoms with Crippen LogP contribution in [0.2, 0.25) is 0 Å². The summed E-state index contributed by atoms with van der Waals surface area (Å²) in [6.45, 7) is 2.24. The molecule has 2 fully saturated rings. The van der Waals surface area contributed by atoms with Crippen molar-refractivity contribution >= 4 is 0 Å². The van der Waals surface area contributed by atoms with Crippen molar-refractivity contribution in [1.82, 2.24) is 0 Å². The molecule has 0 radical (unpaired) electrons. The zero-order valence-corrected chi connectivity index (χ0v) is 29.0. The van der Waals surface area contributed by atoms with Crippen molar-refractivity contribution in [2.75, 3.05) is 0 Å². The van der Waals surface area contributed by atoms with Crippen molar-refractivity contribution in [2.24, 2.45) is 17.8 Å². The van der Waals surface area contributed by atoms with E-state index in [1.54, 1.807) is 12.1 Å². The van der Waals surface area contributed by atoms with Gasteiger partial charge in [-0.1, -0.05) is 70.4 Å². The lowest BCUT2D eigenvalue weighted by Crippen LogP contribution is -2.29. The summed E-state index contributed by atoms with van der Waals surface area (Å²) in [5.74, 6) is -3.61. The standard InChI is InChI=1S/C40H44F10O2/c1-2-3-4-5-6-7-25-8-10-26(11-9-25)27-12-14-28(15-13-27)29-16-18-31(19-17-29)38(44,45)51-32-20-21-33(34(41)24-32)30-22-35(42)37(36(43)23-30)39(46,47)52-40(48,49)50/h16-28H,2-15H2,1H3. The number of benzene rings is 3. The van der Waals surface area contributed by atoms with Crippen molar-refractivity contribution in [3.05, 3.63) is 88.7 Å². The van der Waals surface area contributed by atoms with E-state index in [9.17, 15) is 35.1 Å². The van der Waals surface area contributed by atoms with Gasteiger partial charge in [0.25, 0.3) is 0 Å². The molecule has 0 unspecified atom stereocenters. The maximum Gasteiger partial charge on any atom is 0.527 e. The molecule has 2 saturated carbocycles. The molecule has 2 aliphatic rings. The third-order valence-corrected chi connectivity index (χ3v) is 10.8. The fraction of sp³-hybridized carbons (Fsp3) is 0.550. The number of halogens is 10. The fourth-order valence-electron chi connectivity index (χ4n) is 8.06. The van der Waals surface area contributed by atoms with Gasteiger partial charge in [0, 0.05) is 11.6 Å². The zero-order chi connectivity index (χ0) is 37.7. The lowest BCUT2D eigenvalue weighted by Gasteiger charge is -2.38. The summed E-state index contributed by atoms with van der Waals surface area (Å²) in [5, 5.41) is 0. The molecule has 286 valence electrons. The number of alkyl halides is 7. The number of rotatable bonds is 14. The Kier molecular flexibility index (Phi) is 12.9. The van der Waals surface area contributed by atoms with Gasteiger partial charge in [-0.25, -0.2) is 17.9 Å². The van der Waals surface area contributed by atoms with Gasteiger partial charge in [-0.15, -0.1) is 13.2 Å². The highest BCUT2D eigenvalue weighted by Gasteiger charge is 2.49. The van der Waals surface area contributed by atoms with E-state index in [4.69, 9.17) is 4.74 Å². The maximum absolute atomic E-state index is 15.1. The van der Waals surface area contributed by atoms with Crippen molar-refractivity contribution < 1.29 is 53.4 Å². The molecule has 0 N–H and O–H groups in total. The van der Waals surface area contributed by atoms with Crippen LogP contribution in [0.1, 0.15) is 119 Å². The number of hydrogen-bond donors (Lipinski definition) is 0. The van der Waals surface area contributed by atoms with Gasteiger partial charge in [-0.2, -0.15) is 17.6 Å². The van der Waals surface area contributed by atoms with Crippen LogP contribution < -0.4 is 4.74 Å². The molecule has 2 nitrogen and oxygen atoms in total. The monoisotopic (exact) mass is 746 g/mol. The molecule has 0 aromatic heterocycles. The normalized spacial score (nSPS) is 21.7. The Hall–Kier alpha value is -3.28. The van der Waals surface area contributed by atoms with Gasteiger partial charge in [-0.3, -0.25) is 0 Å². The molecule has 0 amide bonds. The molecule has 2 aliphatic carbocycles. The van der Waals surface area contributed by atoms with Gasteiger partial charge in [-0.05, 0) is 110 Å². The minimum absolute atomic E-state index is 0.176. The van der Waals surface area contributed by atoms with Crippen LogP contribution in [0.25, 0.3) is 11.1 Å². The molecule has 0 bridgehead atoms. The first-order chi connectivity index (χ1) is 24.6. The second kappa shape index (κ2) is 16.8. The Morgan fingerprint density at radius 2 is 1.19 bits per heavy atom. The lowest BCUT2D eigenvalue weighted by atomic mass is 9.68. The van der Waals surface area contributed by atoms with E-state index in [1.807, 2.05) is 0 Å². The minimum atomic E-state index is -5.92. The first-order valence-electron chi connectivity index (χ1n) is 18.2. The topological polar surface area (TPSA) is 18.5 Å². The molecule has 12 heteroatoms. The number of ether oxygens (including phenoxy) is 2. The van der Waals surface area contributed by atoms with E-state index in [1.165, 1.54) is 76.3 Å². The van der Waals surface area contributed by atoms with Gasteiger partial charge >= 0.3 is 18.6 Å². The molecule has 0 aliphatic heterocycles. The molecule has 0 heterocycles. The van der Waals surface area contributed by atoms with Gasteiger partial charge in [0.1, 0.15) is 28.8 Å². The average Bonchev–Trinajstić information content (AvgIpc) is 3.07. The van der Waals surface area contributed by atoms with E-state index in [0.717, 1.165) is 55.2 Å². The van der Waals surface area contributed by atoms with Crippen molar-refractivity contribution in [2.45, 2.75) is 121 Å². The SMILES string of the molecule is CCCCCCCC1CCC(C2CCC(c3ccc(C(F)(F)Oc4ccc(-c5cc(F)c(C(F)(F)OC(F)(F)F)c(F)c5)c(F)c4)cc3)CC2)CC1. The van der Waals surface area contributed by atoms with Crippen molar-refractivity contribution in [3.63, 3.8) is 0 Å². The third-order valence-electron chi connectivity index (χ3n) is 10.8. The maximum atomic E-state index is 15.1. The Morgan fingerprint density at radius 1 is 0.615 bits per heavy atom. The Balaban J connectivity index is 1.14. The quantitative estimate of drug-likeness (QED) is 0.121. The molecular weight excluding hydrogens is 702 g/mol. The van der Waals surface area contributed by atoms with E-state index in [0.29, 0.717) is 12.0 Å². The molecule has 3 aromatic carbocycles. The molecule has 0 atom stereocenters. The summed E-state index contributed by atoms with van der Waals surface area (Å²) in [4.78, 5) is 0. The largest absolute Gasteiger partial charge is 0.527 e. The highest BCUT2D eigenvalue weighted by molar-refractivity contribution is 5.66. The Labute approximate surface area is 297 Å². The van der Waals surface area contributed by atoms with Crippen LogP contribution in [0.4, 0.5) is 43.9 Å². The van der Waals surface area contributed by atoms with Crippen LogP contribution in [-0.2, 0) is 17.0 Å². The highest BCUT2D eigenvalue weighted by atomic mass is 19.4. The van der Waals surface area contributed by atoms with E-state index in [-0.39, 0.29) is 18.1 Å². The van der Waals surface area contributed by atoms with Crippen LogP contribution in [0.3, 0.4) is 0 Å². The van der Waals surface area contributed by atoms with Crippen LogP contribution >= 0.6 is 0 Å². The molecule has 5 rings (SSSR count). The van der Waals surface area contributed by atoms with E-state index >= 15 is 8.78 Å². The van der Waals surface area contributed by atoms with Crippen LogP contribution in [-0.4, -0.2) is 6.36 Å². The Morgan fingerprint density at radius 3 is 1.75 bits per heavy atom. The first kappa shape index (κ1) is 39.9. The third kappa shape index (κ3) is 10.2. The highest BCUT2D eigenvalue weighted by Crippen LogP contribution is 2.45. The van der Waals surface area contributed by atoms with Gasteiger partial charge in [0.05, 0.1) is 5.56 Å². The summed E-state index contributed by atoms with van der Waals surface area (Å²) in [6, 6.07) is 8.41. The molecule has 0 saturated heterocycles. The summed E-state index contributed by atoms with van der Waals surface area (Å²) in [6.07, 6.45) is 2.30. The molecular formula is C40H44F10O2. The second-order valence-electron chi connectivity index (χ2n) is 14.4. The Bertz CT molecular complexity index is 1580. The van der Waals surface area contributed by atoms with Crippen molar-refractivity contribution in [1.29, 1.82) is 0 Å². The van der Waals surface area contributed by atoms with E-state index < -0.39 is 64.0 Å². The van der Waals surface area contributed by atoms with Crippen molar-refractivity contribution in [3.8, 4) is 16.9 Å². The van der Waals surface area contributed by atoms with Crippen LogP contribution in [0.15, 0.2) is 54.6 Å². The lowest BCUT2D eigenvalue weighted by molar-refractivity contribution is -0.432. The predicted molar refractivity (Wildman–Crippen MR) is 177 cm³/mol. The summed E-state index contributed by atoms with van der Waals surface area (Å²) in [5.41, 5.74) is -3.13. The van der Waals surface area contributed by atoms with Gasteiger partial charge < -0.3 is 4.74 Å². The molecule has 3 aromatic rings. The molecule has 0 spiro atoms. The van der Waals surface area contributed by atoms with Gasteiger partial charge in [0.15, 0.2) is 0 Å². The number of hydrogen-bond acceptors (Lipinski definition) is 2. The average molecular weight is 747 g/mol. The second-order valence-corrected chi connectivity index (χ2v) is 14.4. The van der Waals surface area contributed by atoms with Gasteiger partial charge in [0.2, 0.25) is 0 Å².